The highest BCUT2D eigenvalue weighted by Crippen LogP contribution is 2.24. The fourth-order valence-corrected chi connectivity index (χ4v) is 2.20. The zero-order chi connectivity index (χ0) is 17.5. The number of esters is 1. The number of hydrogen-bond donors (Lipinski definition) is 0. The number of hydrogen-bond acceptors (Lipinski definition) is 3. The van der Waals surface area contributed by atoms with Crippen LogP contribution in [0.25, 0.3) is 0 Å². The molecule has 2 rings (SSSR count). The summed E-state index contributed by atoms with van der Waals surface area (Å²) < 4.78 is 5.42. The summed E-state index contributed by atoms with van der Waals surface area (Å²) in [6, 6.07) is 13.4. The van der Waals surface area contributed by atoms with E-state index in [9.17, 15) is 4.79 Å². The molecule has 4 nitrogen and oxygen atoms in total. The lowest BCUT2D eigenvalue weighted by Crippen LogP contribution is -2.14. The lowest BCUT2D eigenvalue weighted by molar-refractivity contribution is 0.0472. The van der Waals surface area contributed by atoms with Crippen molar-refractivity contribution in [2.24, 2.45) is 4.99 Å². The average Bonchev–Trinajstić information content (AvgIpc) is 2.60. The molecular formula is C20H24N2O2. The van der Waals surface area contributed by atoms with Gasteiger partial charge in [-0.1, -0.05) is 30.3 Å². The summed E-state index contributed by atoms with van der Waals surface area (Å²) >= 11 is 0. The van der Waals surface area contributed by atoms with Crippen molar-refractivity contribution in [3.63, 3.8) is 0 Å². The van der Waals surface area contributed by atoms with Crippen LogP contribution in [0.2, 0.25) is 0 Å². The second-order valence-corrected chi connectivity index (χ2v) is 5.83. The Kier molecular flexibility index (Phi) is 6.13. The van der Waals surface area contributed by atoms with Gasteiger partial charge in [-0.05, 0) is 49.6 Å². The van der Waals surface area contributed by atoms with Crippen LogP contribution in [0.1, 0.15) is 34.0 Å². The Morgan fingerprint density at radius 3 is 2.54 bits per heavy atom. The maximum absolute atomic E-state index is 12.3. The standard InChI is InChI=1S/C20H24N2O2/c1-5-22(4)14-21-19-12-15(2)18(11-16(19)3)20(23)24-13-17-9-7-6-8-10-17/h6-12,14H,5,13H2,1-4H3/b21-14+. The van der Waals surface area contributed by atoms with E-state index in [1.54, 1.807) is 6.34 Å². The van der Waals surface area contributed by atoms with Crippen LogP contribution in [0.4, 0.5) is 5.69 Å². The monoisotopic (exact) mass is 324 g/mol. The zero-order valence-electron chi connectivity index (χ0n) is 14.7. The molecule has 0 heterocycles. The molecule has 0 atom stereocenters. The first-order valence-electron chi connectivity index (χ1n) is 8.08. The smallest absolute Gasteiger partial charge is 0.338 e. The van der Waals surface area contributed by atoms with E-state index in [-0.39, 0.29) is 12.6 Å². The Morgan fingerprint density at radius 2 is 1.88 bits per heavy atom. The van der Waals surface area contributed by atoms with E-state index in [4.69, 9.17) is 4.74 Å². The van der Waals surface area contributed by atoms with E-state index in [1.807, 2.05) is 68.3 Å². The molecule has 0 saturated heterocycles. The summed E-state index contributed by atoms with van der Waals surface area (Å²) in [4.78, 5) is 18.8. The fraction of sp³-hybridized carbons (Fsp3) is 0.300. The van der Waals surface area contributed by atoms with Crippen LogP contribution in [0.3, 0.4) is 0 Å². The third kappa shape index (κ3) is 4.69. The van der Waals surface area contributed by atoms with Crippen LogP contribution in [-0.4, -0.2) is 30.8 Å². The third-order valence-electron chi connectivity index (χ3n) is 3.87. The van der Waals surface area contributed by atoms with Gasteiger partial charge in [0.15, 0.2) is 0 Å². The van der Waals surface area contributed by atoms with Gasteiger partial charge in [-0.25, -0.2) is 9.79 Å². The van der Waals surface area contributed by atoms with Gasteiger partial charge in [0.1, 0.15) is 6.61 Å². The predicted molar refractivity (Wildman–Crippen MR) is 97.9 cm³/mol. The number of carbonyl (C=O) groups excluding carboxylic acids is 1. The Bertz CT molecular complexity index is 724. The first-order chi connectivity index (χ1) is 11.5. The molecule has 0 radical (unpaired) electrons. The van der Waals surface area contributed by atoms with Crippen molar-refractivity contribution in [2.75, 3.05) is 13.6 Å². The molecule has 0 aromatic heterocycles. The predicted octanol–water partition coefficient (Wildman–Crippen LogP) is 4.27. The minimum absolute atomic E-state index is 0.277. The minimum Gasteiger partial charge on any atom is -0.457 e. The summed E-state index contributed by atoms with van der Waals surface area (Å²) in [7, 11) is 1.97. The van der Waals surface area contributed by atoms with Crippen molar-refractivity contribution < 1.29 is 9.53 Å². The number of nitrogens with zero attached hydrogens (tertiary/aromatic N) is 2. The van der Waals surface area contributed by atoms with Crippen LogP contribution in [0.5, 0.6) is 0 Å². The lowest BCUT2D eigenvalue weighted by atomic mass is 10.0. The van der Waals surface area contributed by atoms with Crippen LogP contribution in [0.15, 0.2) is 47.5 Å². The van der Waals surface area contributed by atoms with Gasteiger partial charge in [0.2, 0.25) is 0 Å². The Balaban J connectivity index is 2.11. The first kappa shape index (κ1) is 17.7. The number of benzene rings is 2. The number of aryl methyl sites for hydroxylation is 2. The normalized spacial score (nSPS) is 10.8. The van der Waals surface area contributed by atoms with Gasteiger partial charge in [0.25, 0.3) is 0 Å². The molecule has 0 bridgehead atoms. The summed E-state index contributed by atoms with van der Waals surface area (Å²) in [6.45, 7) is 7.09. The maximum Gasteiger partial charge on any atom is 0.338 e. The zero-order valence-corrected chi connectivity index (χ0v) is 14.7. The van der Waals surface area contributed by atoms with Crippen molar-refractivity contribution in [1.29, 1.82) is 0 Å². The highest BCUT2D eigenvalue weighted by Gasteiger charge is 2.13. The molecule has 2 aromatic rings. The molecule has 0 fully saturated rings. The fourth-order valence-electron chi connectivity index (χ4n) is 2.20. The van der Waals surface area contributed by atoms with E-state index in [1.165, 1.54) is 0 Å². The summed E-state index contributed by atoms with van der Waals surface area (Å²) in [5.41, 5.74) is 4.25. The quantitative estimate of drug-likeness (QED) is 0.453. The van der Waals surface area contributed by atoms with Crippen LogP contribution >= 0.6 is 0 Å². The molecule has 0 aliphatic carbocycles. The van der Waals surface area contributed by atoms with Gasteiger partial charge in [0.05, 0.1) is 17.6 Å². The van der Waals surface area contributed by atoms with Gasteiger partial charge in [-0.15, -0.1) is 0 Å². The van der Waals surface area contributed by atoms with E-state index in [2.05, 4.69) is 11.9 Å². The van der Waals surface area contributed by atoms with Crippen LogP contribution in [0, 0.1) is 13.8 Å². The Labute approximate surface area is 143 Å². The van der Waals surface area contributed by atoms with E-state index in [0.29, 0.717) is 5.56 Å². The van der Waals surface area contributed by atoms with Crippen molar-refractivity contribution in [3.8, 4) is 0 Å². The minimum atomic E-state index is -0.305. The average molecular weight is 324 g/mol. The van der Waals surface area contributed by atoms with E-state index in [0.717, 1.165) is 28.9 Å². The molecule has 0 amide bonds. The molecule has 2 aromatic carbocycles. The van der Waals surface area contributed by atoms with E-state index >= 15 is 0 Å². The van der Waals surface area contributed by atoms with Gasteiger partial charge in [0, 0.05) is 13.6 Å². The highest BCUT2D eigenvalue weighted by molar-refractivity contribution is 5.92. The highest BCUT2D eigenvalue weighted by atomic mass is 16.5. The van der Waals surface area contributed by atoms with Crippen molar-refractivity contribution >= 4 is 18.0 Å². The van der Waals surface area contributed by atoms with E-state index < -0.39 is 0 Å². The van der Waals surface area contributed by atoms with Crippen molar-refractivity contribution in [3.05, 3.63) is 64.7 Å². The first-order valence-corrected chi connectivity index (χ1v) is 8.08. The Morgan fingerprint density at radius 1 is 1.17 bits per heavy atom. The maximum atomic E-state index is 12.3. The molecule has 0 aliphatic rings. The molecule has 0 spiro atoms. The molecule has 4 heteroatoms. The van der Waals surface area contributed by atoms with Crippen molar-refractivity contribution in [1.82, 2.24) is 4.90 Å². The number of carbonyl (C=O) groups is 1. The molecular weight excluding hydrogens is 300 g/mol. The van der Waals surface area contributed by atoms with Crippen molar-refractivity contribution in [2.45, 2.75) is 27.4 Å². The number of aliphatic imine (C=N–C) groups is 1. The molecule has 0 saturated carbocycles. The SMILES string of the molecule is CCN(C)/C=N/c1cc(C)c(C(=O)OCc2ccccc2)cc1C. The largest absolute Gasteiger partial charge is 0.457 e. The number of ether oxygens (including phenoxy) is 1. The second kappa shape index (κ2) is 8.29. The van der Waals surface area contributed by atoms with Gasteiger partial charge in [-0.2, -0.15) is 0 Å². The number of rotatable bonds is 6. The van der Waals surface area contributed by atoms with Crippen LogP contribution < -0.4 is 0 Å². The molecule has 24 heavy (non-hydrogen) atoms. The summed E-state index contributed by atoms with van der Waals surface area (Å²) in [5.74, 6) is -0.305. The van der Waals surface area contributed by atoms with Crippen LogP contribution in [-0.2, 0) is 11.3 Å². The third-order valence-corrected chi connectivity index (χ3v) is 3.87. The Hall–Kier alpha value is -2.62. The lowest BCUT2D eigenvalue weighted by Gasteiger charge is -2.12. The molecule has 0 unspecified atom stereocenters. The molecule has 0 aliphatic heterocycles. The topological polar surface area (TPSA) is 41.9 Å². The molecule has 126 valence electrons. The molecule has 0 N–H and O–H groups in total. The summed E-state index contributed by atoms with van der Waals surface area (Å²) in [6.07, 6.45) is 1.80. The van der Waals surface area contributed by atoms with Gasteiger partial charge < -0.3 is 9.64 Å². The second-order valence-electron chi connectivity index (χ2n) is 5.83. The summed E-state index contributed by atoms with van der Waals surface area (Å²) in [5, 5.41) is 0. The van der Waals surface area contributed by atoms with Gasteiger partial charge >= 0.3 is 5.97 Å². The van der Waals surface area contributed by atoms with Gasteiger partial charge in [-0.3, -0.25) is 0 Å².